The standard InChI is InChI=1S/C21H25N5O3S/c22-16-3-5-17(6-4-16)26-30(28,29)18-7-1-14(2-8-18)12-24-21(27)20-11-15-13-23-10-9-19(15)25-20/h1-2,7-11,13,16-17,25-26H,3-6,12,22H2,(H,24,27)/t16-,17-. The maximum Gasteiger partial charge on any atom is 0.267 e. The number of H-pyrrole nitrogens is 1. The Labute approximate surface area is 175 Å². The van der Waals surface area contributed by atoms with Gasteiger partial charge >= 0.3 is 0 Å². The third kappa shape index (κ3) is 4.69. The molecule has 5 N–H and O–H groups in total. The molecular weight excluding hydrogens is 402 g/mol. The maximum atomic E-state index is 12.6. The summed E-state index contributed by atoms with van der Waals surface area (Å²) in [6, 6.07) is 10.2. The number of nitrogens with two attached hydrogens (primary N) is 1. The summed E-state index contributed by atoms with van der Waals surface area (Å²) < 4.78 is 28.0. The zero-order valence-electron chi connectivity index (χ0n) is 16.5. The highest BCUT2D eigenvalue weighted by molar-refractivity contribution is 7.89. The van der Waals surface area contributed by atoms with Crippen LogP contribution in [-0.4, -0.2) is 36.4 Å². The number of benzene rings is 1. The van der Waals surface area contributed by atoms with Gasteiger partial charge in [0.05, 0.1) is 4.90 Å². The molecule has 0 bridgehead atoms. The first-order valence-corrected chi connectivity index (χ1v) is 11.5. The molecule has 2 aromatic heterocycles. The summed E-state index contributed by atoms with van der Waals surface area (Å²) in [5.41, 5.74) is 7.99. The molecule has 9 heteroatoms. The lowest BCUT2D eigenvalue weighted by Crippen LogP contribution is -2.40. The van der Waals surface area contributed by atoms with Gasteiger partial charge in [-0.25, -0.2) is 13.1 Å². The van der Waals surface area contributed by atoms with E-state index >= 15 is 0 Å². The number of hydrogen-bond acceptors (Lipinski definition) is 5. The fourth-order valence-corrected chi connectivity index (χ4v) is 4.99. The first-order valence-electron chi connectivity index (χ1n) is 9.98. The molecule has 0 spiro atoms. The second kappa shape index (κ2) is 8.55. The molecule has 1 saturated carbocycles. The van der Waals surface area contributed by atoms with E-state index in [9.17, 15) is 13.2 Å². The minimum absolute atomic E-state index is 0.0692. The van der Waals surface area contributed by atoms with Gasteiger partial charge in [0.2, 0.25) is 10.0 Å². The van der Waals surface area contributed by atoms with E-state index in [1.807, 2.05) is 0 Å². The van der Waals surface area contributed by atoms with E-state index in [1.165, 1.54) is 0 Å². The van der Waals surface area contributed by atoms with E-state index < -0.39 is 10.0 Å². The van der Waals surface area contributed by atoms with Crippen LogP contribution in [0.25, 0.3) is 10.9 Å². The van der Waals surface area contributed by atoms with Crippen LogP contribution in [0.1, 0.15) is 41.7 Å². The quantitative estimate of drug-likeness (QED) is 0.478. The molecule has 1 amide bonds. The van der Waals surface area contributed by atoms with Crippen LogP contribution >= 0.6 is 0 Å². The molecule has 8 nitrogen and oxygen atoms in total. The Bertz CT molecular complexity index is 1100. The topological polar surface area (TPSA) is 130 Å². The summed E-state index contributed by atoms with van der Waals surface area (Å²) in [6.45, 7) is 0.292. The normalized spacial score (nSPS) is 19.6. The van der Waals surface area contributed by atoms with Crippen LogP contribution in [0.3, 0.4) is 0 Å². The van der Waals surface area contributed by atoms with E-state index in [0.717, 1.165) is 42.1 Å². The van der Waals surface area contributed by atoms with E-state index in [2.05, 4.69) is 20.0 Å². The number of aromatic nitrogens is 2. The first kappa shape index (κ1) is 20.5. The Morgan fingerprint density at radius 2 is 1.87 bits per heavy atom. The van der Waals surface area contributed by atoms with Gasteiger partial charge in [-0.15, -0.1) is 0 Å². The van der Waals surface area contributed by atoms with Crippen molar-refractivity contribution in [1.29, 1.82) is 0 Å². The highest BCUT2D eigenvalue weighted by Gasteiger charge is 2.24. The monoisotopic (exact) mass is 427 g/mol. The number of rotatable bonds is 6. The van der Waals surface area contributed by atoms with Gasteiger partial charge in [0.1, 0.15) is 5.69 Å². The minimum atomic E-state index is -3.57. The highest BCUT2D eigenvalue weighted by atomic mass is 32.2. The minimum Gasteiger partial charge on any atom is -0.350 e. The second-order valence-electron chi connectivity index (χ2n) is 7.71. The fourth-order valence-electron chi connectivity index (χ4n) is 3.68. The molecule has 1 aromatic carbocycles. The van der Waals surface area contributed by atoms with Gasteiger partial charge in [0, 0.05) is 41.9 Å². The van der Waals surface area contributed by atoms with Gasteiger partial charge < -0.3 is 16.0 Å². The number of nitrogens with one attached hydrogen (secondary N) is 3. The van der Waals surface area contributed by atoms with Crippen LogP contribution in [0.4, 0.5) is 0 Å². The van der Waals surface area contributed by atoms with E-state index in [1.54, 1.807) is 48.8 Å². The first-order chi connectivity index (χ1) is 14.4. The fraction of sp³-hybridized carbons (Fsp3) is 0.333. The van der Waals surface area contributed by atoms with Gasteiger partial charge in [-0.1, -0.05) is 12.1 Å². The third-order valence-electron chi connectivity index (χ3n) is 5.45. The van der Waals surface area contributed by atoms with Gasteiger partial charge in [0.15, 0.2) is 0 Å². The number of amides is 1. The number of sulfonamides is 1. The summed E-state index contributed by atoms with van der Waals surface area (Å²) in [7, 11) is -3.57. The number of carbonyl (C=O) groups is 1. The molecule has 1 aliphatic carbocycles. The Morgan fingerprint density at radius 1 is 1.13 bits per heavy atom. The van der Waals surface area contributed by atoms with Crippen molar-refractivity contribution in [2.24, 2.45) is 5.73 Å². The van der Waals surface area contributed by atoms with E-state index in [4.69, 9.17) is 5.73 Å². The predicted molar refractivity (Wildman–Crippen MR) is 114 cm³/mol. The van der Waals surface area contributed by atoms with Crippen LogP contribution in [0.2, 0.25) is 0 Å². The number of pyridine rings is 1. The number of carbonyl (C=O) groups excluding carboxylic acids is 1. The van der Waals surface area contributed by atoms with Crippen molar-refractivity contribution in [3.63, 3.8) is 0 Å². The van der Waals surface area contributed by atoms with Crippen molar-refractivity contribution >= 4 is 26.8 Å². The molecule has 158 valence electrons. The SMILES string of the molecule is N[C@H]1CC[C@H](NS(=O)(=O)c2ccc(CNC(=O)c3cc4cnccc4[nH]3)cc2)CC1. The summed E-state index contributed by atoms with van der Waals surface area (Å²) >= 11 is 0. The molecule has 30 heavy (non-hydrogen) atoms. The van der Waals surface area contributed by atoms with Crippen molar-refractivity contribution in [2.45, 2.75) is 49.2 Å². The lowest BCUT2D eigenvalue weighted by Gasteiger charge is -2.26. The number of nitrogens with zero attached hydrogens (tertiary/aromatic N) is 1. The zero-order valence-corrected chi connectivity index (χ0v) is 17.3. The molecule has 1 aliphatic rings. The van der Waals surface area contributed by atoms with Gasteiger partial charge in [-0.3, -0.25) is 9.78 Å². The van der Waals surface area contributed by atoms with Crippen molar-refractivity contribution in [1.82, 2.24) is 20.0 Å². The molecule has 4 rings (SSSR count). The van der Waals surface area contributed by atoms with Gasteiger partial charge in [0.25, 0.3) is 5.91 Å². The zero-order chi connectivity index (χ0) is 21.1. The van der Waals surface area contributed by atoms with E-state index in [0.29, 0.717) is 12.2 Å². The van der Waals surface area contributed by atoms with Crippen LogP contribution in [0.5, 0.6) is 0 Å². The molecule has 0 unspecified atom stereocenters. The van der Waals surface area contributed by atoms with Crippen LogP contribution in [0.15, 0.2) is 53.7 Å². The Morgan fingerprint density at radius 3 is 2.57 bits per heavy atom. The summed E-state index contributed by atoms with van der Waals surface area (Å²) in [4.78, 5) is 19.7. The molecule has 3 aromatic rings. The number of fused-ring (bicyclic) bond motifs is 1. The van der Waals surface area contributed by atoms with Crippen molar-refractivity contribution in [2.75, 3.05) is 0 Å². The Hall–Kier alpha value is -2.75. The Balaban J connectivity index is 1.35. The third-order valence-corrected chi connectivity index (χ3v) is 6.98. The average Bonchev–Trinajstić information content (AvgIpc) is 3.18. The molecule has 0 radical (unpaired) electrons. The van der Waals surface area contributed by atoms with Crippen molar-refractivity contribution < 1.29 is 13.2 Å². The molecule has 2 heterocycles. The number of aromatic amines is 1. The lowest BCUT2D eigenvalue weighted by atomic mass is 9.93. The number of hydrogen-bond donors (Lipinski definition) is 4. The van der Waals surface area contributed by atoms with Gasteiger partial charge in [-0.2, -0.15) is 0 Å². The van der Waals surface area contributed by atoms with Gasteiger partial charge in [-0.05, 0) is 55.5 Å². The highest BCUT2D eigenvalue weighted by Crippen LogP contribution is 2.20. The maximum absolute atomic E-state index is 12.6. The summed E-state index contributed by atoms with van der Waals surface area (Å²) in [5.74, 6) is -0.236. The smallest absolute Gasteiger partial charge is 0.267 e. The lowest BCUT2D eigenvalue weighted by molar-refractivity contribution is 0.0946. The predicted octanol–water partition coefficient (Wildman–Crippen LogP) is 2.04. The molecular formula is C21H25N5O3S. The largest absolute Gasteiger partial charge is 0.350 e. The van der Waals surface area contributed by atoms with Crippen LogP contribution < -0.4 is 15.8 Å². The van der Waals surface area contributed by atoms with Crippen LogP contribution in [0, 0.1) is 0 Å². The van der Waals surface area contributed by atoms with Crippen molar-refractivity contribution in [3.05, 3.63) is 60.0 Å². The molecule has 1 fully saturated rings. The Kier molecular flexibility index (Phi) is 5.85. The molecule has 0 atom stereocenters. The summed E-state index contributed by atoms with van der Waals surface area (Å²) in [5, 5.41) is 3.70. The molecule has 0 saturated heterocycles. The van der Waals surface area contributed by atoms with Crippen molar-refractivity contribution in [3.8, 4) is 0 Å². The average molecular weight is 428 g/mol. The second-order valence-corrected chi connectivity index (χ2v) is 9.42. The summed E-state index contributed by atoms with van der Waals surface area (Å²) in [6.07, 6.45) is 6.53. The van der Waals surface area contributed by atoms with Crippen LogP contribution in [-0.2, 0) is 16.6 Å². The van der Waals surface area contributed by atoms with E-state index in [-0.39, 0.29) is 22.9 Å². The molecule has 0 aliphatic heterocycles.